The van der Waals surface area contributed by atoms with E-state index in [1.165, 1.54) is 0 Å². The van der Waals surface area contributed by atoms with Crippen molar-refractivity contribution in [1.29, 1.82) is 0 Å². The van der Waals surface area contributed by atoms with Crippen molar-refractivity contribution in [1.82, 2.24) is 5.16 Å². The average molecular weight is 491 g/mol. The van der Waals surface area contributed by atoms with Gasteiger partial charge in [-0.3, -0.25) is 10.1 Å². The fourth-order valence-corrected chi connectivity index (χ4v) is 3.96. The van der Waals surface area contributed by atoms with Crippen LogP contribution in [0.2, 0.25) is 5.02 Å². The van der Waals surface area contributed by atoms with Gasteiger partial charge >= 0.3 is 12.1 Å². The van der Waals surface area contributed by atoms with Gasteiger partial charge in [-0.05, 0) is 35.2 Å². The molecule has 1 aromatic heterocycles. The lowest BCUT2D eigenvalue weighted by molar-refractivity contribution is -0.136. The van der Waals surface area contributed by atoms with Gasteiger partial charge in [0.15, 0.2) is 5.76 Å². The Morgan fingerprint density at radius 1 is 0.971 bits per heavy atom. The molecule has 0 aliphatic carbocycles. The third kappa shape index (κ3) is 5.88. The molecule has 1 amide bonds. The van der Waals surface area contributed by atoms with E-state index in [-0.39, 0.29) is 13.0 Å². The Morgan fingerprint density at radius 2 is 1.63 bits per heavy atom. The predicted molar refractivity (Wildman–Crippen MR) is 134 cm³/mol. The number of carbonyl (C=O) groups excluding carboxylic acids is 1. The van der Waals surface area contributed by atoms with Gasteiger partial charge in [0.2, 0.25) is 0 Å². The number of anilines is 1. The van der Waals surface area contributed by atoms with Crippen LogP contribution in [0.1, 0.15) is 16.8 Å². The first-order chi connectivity index (χ1) is 16.9. The normalized spacial score (nSPS) is 10.7. The first-order valence-electron chi connectivity index (χ1n) is 11.0. The number of carbonyl (C=O) groups is 2. The second-order valence-electron chi connectivity index (χ2n) is 7.88. The molecule has 4 aromatic rings. The number of amides is 1. The summed E-state index contributed by atoms with van der Waals surface area (Å²) < 4.78 is 10.8. The summed E-state index contributed by atoms with van der Waals surface area (Å²) >= 11 is 6.14. The molecule has 2 N–H and O–H groups in total. The Bertz CT molecular complexity index is 1350. The maximum absolute atomic E-state index is 12.4. The van der Waals surface area contributed by atoms with E-state index in [1.54, 1.807) is 19.1 Å². The third-order valence-corrected chi connectivity index (χ3v) is 5.84. The minimum absolute atomic E-state index is 0.0636. The standard InChI is InChI=1S/C27H23ClN2O5/c1-17-25(29-27(33)34-15-14-19-6-3-5-9-23(19)28)26(35-30-17)20-12-10-18(11-13-20)22-8-4-2-7-21(22)16-24(31)32/h2-13H,14-16H2,1H3,(H,29,33)(H,31,32). The van der Waals surface area contributed by atoms with Gasteiger partial charge in [0, 0.05) is 17.0 Å². The summed E-state index contributed by atoms with van der Waals surface area (Å²) in [5.41, 5.74) is 4.98. The fraction of sp³-hybridized carbons (Fsp3) is 0.148. The minimum atomic E-state index is -0.888. The number of aromatic nitrogens is 1. The molecule has 4 rings (SSSR count). The third-order valence-electron chi connectivity index (χ3n) is 5.47. The van der Waals surface area contributed by atoms with E-state index in [4.69, 9.17) is 20.9 Å². The van der Waals surface area contributed by atoms with Gasteiger partial charge in [0.1, 0.15) is 11.4 Å². The summed E-state index contributed by atoms with van der Waals surface area (Å²) in [6.07, 6.45) is -0.192. The monoisotopic (exact) mass is 490 g/mol. The molecule has 0 atom stereocenters. The Labute approximate surface area is 207 Å². The zero-order valence-electron chi connectivity index (χ0n) is 19.0. The number of ether oxygens (including phenoxy) is 1. The number of carboxylic acid groups (broad SMARTS) is 1. The summed E-state index contributed by atoms with van der Waals surface area (Å²) in [4.78, 5) is 23.6. The zero-order chi connectivity index (χ0) is 24.8. The first-order valence-corrected chi connectivity index (χ1v) is 11.3. The van der Waals surface area contributed by atoms with Crippen LogP contribution in [0.25, 0.3) is 22.5 Å². The van der Waals surface area contributed by atoms with Gasteiger partial charge in [0.05, 0.1) is 13.0 Å². The van der Waals surface area contributed by atoms with E-state index in [9.17, 15) is 14.7 Å². The summed E-state index contributed by atoms with van der Waals surface area (Å²) in [7, 11) is 0. The number of aryl methyl sites for hydroxylation is 1. The largest absolute Gasteiger partial charge is 0.481 e. The van der Waals surface area contributed by atoms with Gasteiger partial charge in [-0.25, -0.2) is 4.79 Å². The molecule has 7 nitrogen and oxygen atoms in total. The van der Waals surface area contributed by atoms with Gasteiger partial charge in [-0.15, -0.1) is 0 Å². The van der Waals surface area contributed by atoms with Crippen LogP contribution in [0, 0.1) is 6.92 Å². The number of hydrogen-bond donors (Lipinski definition) is 2. The molecule has 0 bridgehead atoms. The van der Waals surface area contributed by atoms with Crippen LogP contribution in [-0.2, 0) is 22.4 Å². The van der Waals surface area contributed by atoms with E-state index >= 15 is 0 Å². The van der Waals surface area contributed by atoms with Crippen molar-refractivity contribution in [3.05, 3.63) is 94.6 Å². The zero-order valence-corrected chi connectivity index (χ0v) is 19.7. The Hall–Kier alpha value is -4.10. The average Bonchev–Trinajstić information content (AvgIpc) is 3.20. The van der Waals surface area contributed by atoms with Gasteiger partial charge < -0.3 is 14.4 Å². The second-order valence-corrected chi connectivity index (χ2v) is 8.29. The maximum Gasteiger partial charge on any atom is 0.411 e. The number of aliphatic carboxylic acids is 1. The quantitative estimate of drug-likeness (QED) is 0.297. The Balaban J connectivity index is 1.46. The fourth-order valence-electron chi connectivity index (χ4n) is 3.73. The highest BCUT2D eigenvalue weighted by Gasteiger charge is 2.18. The molecule has 178 valence electrons. The smallest absolute Gasteiger partial charge is 0.411 e. The van der Waals surface area contributed by atoms with Crippen LogP contribution in [0.15, 0.2) is 77.3 Å². The van der Waals surface area contributed by atoms with Crippen molar-refractivity contribution >= 4 is 29.4 Å². The van der Waals surface area contributed by atoms with Crippen LogP contribution >= 0.6 is 11.6 Å². The molecular weight excluding hydrogens is 468 g/mol. The van der Waals surface area contributed by atoms with Crippen molar-refractivity contribution in [2.75, 3.05) is 11.9 Å². The van der Waals surface area contributed by atoms with Crippen molar-refractivity contribution in [2.45, 2.75) is 19.8 Å². The lowest BCUT2D eigenvalue weighted by atomic mass is 9.96. The van der Waals surface area contributed by atoms with E-state index in [0.717, 1.165) is 22.3 Å². The molecule has 0 radical (unpaired) electrons. The number of benzene rings is 3. The summed E-state index contributed by atoms with van der Waals surface area (Å²) in [5.74, 6) is -0.489. The summed E-state index contributed by atoms with van der Waals surface area (Å²) in [6.45, 7) is 1.89. The van der Waals surface area contributed by atoms with Crippen molar-refractivity contribution in [2.24, 2.45) is 0 Å². The summed E-state index contributed by atoms with van der Waals surface area (Å²) in [5, 5.41) is 16.5. The number of rotatable bonds is 8. The number of halogens is 1. The van der Waals surface area contributed by atoms with Gasteiger partial charge in [0.25, 0.3) is 0 Å². The van der Waals surface area contributed by atoms with E-state index < -0.39 is 12.1 Å². The van der Waals surface area contributed by atoms with Crippen molar-refractivity contribution in [3.8, 4) is 22.5 Å². The van der Waals surface area contributed by atoms with Gasteiger partial charge in [-0.2, -0.15) is 0 Å². The highest BCUT2D eigenvalue weighted by Crippen LogP contribution is 2.33. The molecule has 0 fully saturated rings. The number of carboxylic acids is 1. The Kier molecular flexibility index (Phi) is 7.48. The lowest BCUT2D eigenvalue weighted by Gasteiger charge is -2.10. The molecule has 8 heteroatoms. The minimum Gasteiger partial charge on any atom is -0.481 e. The van der Waals surface area contributed by atoms with Crippen LogP contribution in [0.3, 0.4) is 0 Å². The maximum atomic E-state index is 12.4. The lowest BCUT2D eigenvalue weighted by Crippen LogP contribution is -2.16. The van der Waals surface area contributed by atoms with Crippen LogP contribution < -0.4 is 5.32 Å². The molecule has 0 saturated heterocycles. The highest BCUT2D eigenvalue weighted by molar-refractivity contribution is 6.31. The van der Waals surface area contributed by atoms with Gasteiger partial charge in [-0.1, -0.05) is 83.5 Å². The molecule has 0 aliphatic rings. The molecular formula is C27H23ClN2O5. The highest BCUT2D eigenvalue weighted by atomic mass is 35.5. The van der Waals surface area contributed by atoms with Crippen molar-refractivity contribution in [3.63, 3.8) is 0 Å². The number of nitrogens with zero attached hydrogens (tertiary/aromatic N) is 1. The van der Waals surface area contributed by atoms with Crippen LogP contribution in [0.5, 0.6) is 0 Å². The number of hydrogen-bond acceptors (Lipinski definition) is 5. The molecule has 3 aromatic carbocycles. The van der Waals surface area contributed by atoms with E-state index in [0.29, 0.717) is 34.1 Å². The second kappa shape index (κ2) is 10.9. The summed E-state index contributed by atoms with van der Waals surface area (Å²) in [6, 6.07) is 22.2. The van der Waals surface area contributed by atoms with E-state index in [2.05, 4.69) is 10.5 Å². The molecule has 0 unspecified atom stereocenters. The topological polar surface area (TPSA) is 102 Å². The Morgan fingerprint density at radius 3 is 2.34 bits per heavy atom. The SMILES string of the molecule is Cc1noc(-c2ccc(-c3ccccc3CC(=O)O)cc2)c1NC(=O)OCCc1ccccc1Cl. The van der Waals surface area contributed by atoms with Crippen LogP contribution in [0.4, 0.5) is 10.5 Å². The van der Waals surface area contributed by atoms with E-state index in [1.807, 2.05) is 60.7 Å². The molecule has 0 spiro atoms. The predicted octanol–water partition coefficient (Wildman–Crippen LogP) is 6.39. The van der Waals surface area contributed by atoms with Crippen LogP contribution in [-0.4, -0.2) is 28.9 Å². The first kappa shape index (κ1) is 24.0. The number of nitrogens with one attached hydrogen (secondary N) is 1. The molecule has 1 heterocycles. The molecule has 0 aliphatic heterocycles. The molecule has 0 saturated carbocycles. The van der Waals surface area contributed by atoms with Crippen molar-refractivity contribution < 1.29 is 24.0 Å². The molecule has 35 heavy (non-hydrogen) atoms.